The van der Waals surface area contributed by atoms with E-state index in [0.717, 1.165) is 6.08 Å². The van der Waals surface area contributed by atoms with Gasteiger partial charge in [-0.05, 0) is 49.5 Å². The van der Waals surface area contributed by atoms with Gasteiger partial charge in [0.15, 0.2) is 5.78 Å². The van der Waals surface area contributed by atoms with Gasteiger partial charge >= 0.3 is 18.1 Å². The van der Waals surface area contributed by atoms with E-state index in [4.69, 9.17) is 4.74 Å². The van der Waals surface area contributed by atoms with Gasteiger partial charge < -0.3 is 24.8 Å². The largest absolute Gasteiger partial charge is 0.507 e. The number of hydrogen-bond acceptors (Lipinski definition) is 8. The highest BCUT2D eigenvalue weighted by molar-refractivity contribution is 5.97. The Hall–Kier alpha value is -3.18. The molecule has 35 heavy (non-hydrogen) atoms. The normalized spacial score (nSPS) is 25.7. The fourth-order valence-corrected chi connectivity index (χ4v) is 3.22. The van der Waals surface area contributed by atoms with Crippen LogP contribution in [0.3, 0.4) is 0 Å². The lowest BCUT2D eigenvalue weighted by molar-refractivity contribution is -0.199. The molecule has 4 atom stereocenters. The first kappa shape index (κ1) is 28.1. The van der Waals surface area contributed by atoms with Crippen LogP contribution in [-0.2, 0) is 25.5 Å². The molecule has 3 N–H and O–H groups in total. The van der Waals surface area contributed by atoms with E-state index >= 15 is 0 Å². The number of ketones is 1. The summed E-state index contributed by atoms with van der Waals surface area (Å²) in [6, 6.07) is 2.75. The van der Waals surface area contributed by atoms with Crippen molar-refractivity contribution in [1.82, 2.24) is 0 Å². The van der Waals surface area contributed by atoms with Crippen LogP contribution in [0.25, 0.3) is 6.08 Å². The summed E-state index contributed by atoms with van der Waals surface area (Å²) < 4.78 is 46.3. The third-order valence-electron chi connectivity index (χ3n) is 5.41. The molecule has 2 rings (SSSR count). The molecule has 8 nitrogen and oxygen atoms in total. The van der Waals surface area contributed by atoms with E-state index in [1.165, 1.54) is 30.4 Å². The summed E-state index contributed by atoms with van der Waals surface area (Å²) in [4.78, 5) is 35.7. The highest BCUT2D eigenvalue weighted by Gasteiger charge is 2.40. The van der Waals surface area contributed by atoms with Gasteiger partial charge in [0.1, 0.15) is 23.5 Å². The third-order valence-corrected chi connectivity index (χ3v) is 5.41. The Kier molecular flexibility index (Phi) is 9.61. The predicted octanol–water partition coefficient (Wildman–Crippen LogP) is 2.88. The van der Waals surface area contributed by atoms with Gasteiger partial charge in [-0.15, -0.1) is 0 Å². The minimum absolute atomic E-state index is 0.0160. The van der Waals surface area contributed by atoms with E-state index in [-0.39, 0.29) is 30.4 Å². The van der Waals surface area contributed by atoms with Crippen LogP contribution < -0.4 is 0 Å². The van der Waals surface area contributed by atoms with Gasteiger partial charge in [0.05, 0.1) is 12.7 Å². The van der Waals surface area contributed by atoms with Gasteiger partial charge in [0, 0.05) is 5.92 Å². The number of aryl methyl sites for hydroxylation is 1. The minimum atomic E-state index is -5.09. The average molecular weight is 500 g/mol. The van der Waals surface area contributed by atoms with Crippen LogP contribution in [0, 0.1) is 5.92 Å². The van der Waals surface area contributed by atoms with Gasteiger partial charge in [-0.3, -0.25) is 4.79 Å². The number of aliphatic hydroxyl groups is 2. The predicted molar refractivity (Wildman–Crippen MR) is 117 cm³/mol. The van der Waals surface area contributed by atoms with E-state index in [1.807, 2.05) is 0 Å². The van der Waals surface area contributed by atoms with Crippen molar-refractivity contribution in [3.05, 3.63) is 47.1 Å². The average Bonchev–Trinajstić information content (AvgIpc) is 2.77. The maximum Gasteiger partial charge on any atom is 0.490 e. The van der Waals surface area contributed by atoms with Crippen molar-refractivity contribution in [2.45, 2.75) is 57.6 Å². The molecular weight excluding hydrogens is 473 g/mol. The fraction of sp³-hybridized carbons (Fsp3) is 0.458. The zero-order valence-corrected chi connectivity index (χ0v) is 19.1. The van der Waals surface area contributed by atoms with Crippen LogP contribution in [0.2, 0.25) is 0 Å². The van der Waals surface area contributed by atoms with Crippen molar-refractivity contribution in [1.29, 1.82) is 0 Å². The number of carbonyl (C=O) groups is 3. The summed E-state index contributed by atoms with van der Waals surface area (Å²) >= 11 is 0. The number of phenolic OH excluding ortho intramolecular Hbond substituents is 1. The number of aliphatic hydroxyl groups excluding tert-OH is 2. The lowest BCUT2D eigenvalue weighted by Crippen LogP contribution is -2.32. The molecule has 0 amide bonds. The Morgan fingerprint density at radius 3 is 2.51 bits per heavy atom. The van der Waals surface area contributed by atoms with Crippen molar-refractivity contribution in [3.63, 3.8) is 0 Å². The summed E-state index contributed by atoms with van der Waals surface area (Å²) in [6.45, 7) is 2.75. The number of halogens is 3. The van der Waals surface area contributed by atoms with E-state index in [9.17, 15) is 42.9 Å². The molecule has 0 bridgehead atoms. The smallest absolute Gasteiger partial charge is 0.490 e. The highest BCUT2D eigenvalue weighted by atomic mass is 19.4. The van der Waals surface area contributed by atoms with Gasteiger partial charge in [-0.2, -0.15) is 13.2 Å². The van der Waals surface area contributed by atoms with Gasteiger partial charge in [-0.1, -0.05) is 31.2 Å². The number of phenols is 1. The summed E-state index contributed by atoms with van der Waals surface area (Å²) in [5, 5.41) is 30.7. The molecular formula is C24H27F3O8. The number of ether oxygens (including phenoxy) is 2. The molecule has 0 saturated heterocycles. The molecule has 11 heteroatoms. The molecule has 0 unspecified atom stereocenters. The number of aromatic hydroxyl groups is 1. The maximum absolute atomic E-state index is 12.8. The zero-order valence-electron chi connectivity index (χ0n) is 19.1. The molecule has 192 valence electrons. The molecule has 0 fully saturated rings. The Bertz CT molecular complexity index is 999. The number of esters is 2. The Morgan fingerprint density at radius 1 is 1.17 bits per heavy atom. The molecule has 1 aliphatic rings. The van der Waals surface area contributed by atoms with Gasteiger partial charge in [-0.25, -0.2) is 9.59 Å². The molecule has 1 heterocycles. The molecule has 0 radical (unpaired) electrons. The van der Waals surface area contributed by atoms with Crippen molar-refractivity contribution >= 4 is 23.8 Å². The van der Waals surface area contributed by atoms with E-state index in [2.05, 4.69) is 4.74 Å². The van der Waals surface area contributed by atoms with Crippen LogP contribution >= 0.6 is 0 Å². The van der Waals surface area contributed by atoms with E-state index < -0.39 is 60.5 Å². The molecule has 0 aliphatic carbocycles. The third kappa shape index (κ3) is 7.93. The van der Waals surface area contributed by atoms with Gasteiger partial charge in [0.25, 0.3) is 0 Å². The summed E-state index contributed by atoms with van der Waals surface area (Å²) in [6.07, 6.45) is -3.58. The topological polar surface area (TPSA) is 130 Å². The molecule has 0 saturated carbocycles. The standard InChI is InChI=1S/C24H27F3O8/c1-13-8-9-18(29)21(31)17(28)7-3-6-16-11-15(5-4-10-34-23(33)24(25,26)27)12-19(30)20(16)22(32)35-14(13)2/h3,6,8-9,11-14,17,21,28,30-31H,4-5,7,10H2,1-2H3/b6-3+,9-8-/t13-,14+,17+,21+/m1/s1. The fourth-order valence-electron chi connectivity index (χ4n) is 3.22. The van der Waals surface area contributed by atoms with Crippen LogP contribution in [0.1, 0.15) is 48.2 Å². The van der Waals surface area contributed by atoms with Crippen LogP contribution in [0.4, 0.5) is 13.2 Å². The number of rotatable bonds is 4. The van der Waals surface area contributed by atoms with Crippen molar-refractivity contribution < 1.29 is 52.3 Å². The Balaban J connectivity index is 2.30. The number of benzene rings is 1. The number of carbonyl (C=O) groups excluding carboxylic acids is 3. The quantitative estimate of drug-likeness (QED) is 0.425. The van der Waals surface area contributed by atoms with Crippen molar-refractivity contribution in [2.24, 2.45) is 5.92 Å². The monoisotopic (exact) mass is 500 g/mol. The van der Waals surface area contributed by atoms with Crippen molar-refractivity contribution in [3.8, 4) is 5.75 Å². The molecule has 1 aliphatic heterocycles. The molecule has 0 spiro atoms. The summed E-state index contributed by atoms with van der Waals surface area (Å²) in [7, 11) is 0. The zero-order chi connectivity index (χ0) is 26.3. The Labute approximate surface area is 199 Å². The first-order valence-corrected chi connectivity index (χ1v) is 10.9. The first-order chi connectivity index (χ1) is 16.3. The highest BCUT2D eigenvalue weighted by Crippen LogP contribution is 2.28. The number of hydrogen-bond donors (Lipinski definition) is 3. The Morgan fingerprint density at radius 2 is 1.86 bits per heavy atom. The minimum Gasteiger partial charge on any atom is -0.507 e. The maximum atomic E-state index is 12.8. The van der Waals surface area contributed by atoms with Crippen LogP contribution in [-0.4, -0.2) is 64.1 Å². The second kappa shape index (κ2) is 12.0. The van der Waals surface area contributed by atoms with Crippen LogP contribution in [0.15, 0.2) is 30.4 Å². The second-order valence-corrected chi connectivity index (χ2v) is 8.20. The summed E-state index contributed by atoms with van der Waals surface area (Å²) in [5.74, 6) is -4.72. The first-order valence-electron chi connectivity index (χ1n) is 10.9. The number of fused-ring (bicyclic) bond motifs is 1. The second-order valence-electron chi connectivity index (χ2n) is 8.20. The van der Waals surface area contributed by atoms with Crippen molar-refractivity contribution in [2.75, 3.05) is 6.61 Å². The molecule has 1 aromatic carbocycles. The lowest BCUT2D eigenvalue weighted by atomic mass is 9.97. The van der Waals surface area contributed by atoms with Gasteiger partial charge in [0.2, 0.25) is 0 Å². The SMILES string of the molecule is C[C@@H]1/C=C\C(=O)[C@@H](O)[C@@H](O)C/C=C/c2cc(CCCOC(=O)C(F)(F)F)cc(O)c2C(=O)O[C@H]1C. The van der Waals surface area contributed by atoms with E-state index in [1.54, 1.807) is 13.8 Å². The number of cyclic esters (lactones) is 1. The van der Waals surface area contributed by atoms with E-state index in [0.29, 0.717) is 5.56 Å². The summed E-state index contributed by atoms with van der Waals surface area (Å²) in [5.41, 5.74) is 0.459. The molecule has 0 aromatic heterocycles. The van der Waals surface area contributed by atoms with Crippen LogP contribution in [0.5, 0.6) is 5.75 Å². The molecule has 1 aromatic rings. The number of alkyl halides is 3. The lowest BCUT2D eigenvalue weighted by Gasteiger charge is -2.20.